The molecule has 0 aliphatic heterocycles. The van der Waals surface area contributed by atoms with Crippen LogP contribution in [0.3, 0.4) is 0 Å². The van der Waals surface area contributed by atoms with Crippen molar-refractivity contribution in [1.29, 1.82) is 5.26 Å². The van der Waals surface area contributed by atoms with Gasteiger partial charge in [0.2, 0.25) is 5.52 Å². The van der Waals surface area contributed by atoms with Gasteiger partial charge in [-0.05, 0) is 6.07 Å². The summed E-state index contributed by atoms with van der Waals surface area (Å²) < 4.78 is 2.01. The largest absolute Gasteiger partial charge is 0.213 e. The van der Waals surface area contributed by atoms with Gasteiger partial charge in [0.1, 0.15) is 13.1 Å². The monoisotopic (exact) mass is 169 g/mol. The smallest absolute Gasteiger partial charge is 0.201 e. The molecule has 0 saturated carbocycles. The Morgan fingerprint density at radius 1 is 1.23 bits per heavy atom. The number of hydrogen-bond acceptors (Lipinski definition) is 1. The molecule has 2 aromatic rings. The number of rotatable bonds is 0. The zero-order valence-corrected chi connectivity index (χ0v) is 7.36. The zero-order valence-electron chi connectivity index (χ0n) is 7.36. The molecular weight excluding hydrogens is 160 g/mol. The molecule has 0 fully saturated rings. The Morgan fingerprint density at radius 3 is 2.77 bits per heavy atom. The fraction of sp³-hybridized carbons (Fsp3) is 0.0909. The summed E-state index contributed by atoms with van der Waals surface area (Å²) in [4.78, 5) is 0. The van der Waals surface area contributed by atoms with Gasteiger partial charge >= 0.3 is 0 Å². The summed E-state index contributed by atoms with van der Waals surface area (Å²) in [6, 6.07) is 11.9. The summed E-state index contributed by atoms with van der Waals surface area (Å²) in [7, 11) is 1.98. The third kappa shape index (κ3) is 1.15. The number of nitriles is 1. The van der Waals surface area contributed by atoms with Crippen LogP contribution in [-0.2, 0) is 7.05 Å². The van der Waals surface area contributed by atoms with Gasteiger partial charge < -0.3 is 0 Å². The van der Waals surface area contributed by atoms with Crippen LogP contribution in [-0.4, -0.2) is 0 Å². The lowest BCUT2D eigenvalue weighted by atomic mass is 10.1. The van der Waals surface area contributed by atoms with Gasteiger partial charge in [-0.1, -0.05) is 12.1 Å². The molecule has 1 aromatic carbocycles. The number of hydrogen-bond donors (Lipinski definition) is 0. The molecule has 0 N–H and O–H groups in total. The van der Waals surface area contributed by atoms with E-state index in [1.165, 1.54) is 0 Å². The molecule has 2 rings (SSSR count). The third-order valence-corrected chi connectivity index (χ3v) is 2.16. The van der Waals surface area contributed by atoms with E-state index in [-0.39, 0.29) is 0 Å². The highest BCUT2D eigenvalue weighted by Gasteiger charge is 2.06. The number of para-hydroxylation sites is 1. The van der Waals surface area contributed by atoms with Gasteiger partial charge in [-0.25, -0.2) is 4.57 Å². The maximum atomic E-state index is 8.87. The van der Waals surface area contributed by atoms with E-state index in [2.05, 4.69) is 6.07 Å². The molecular formula is C11H9N2+. The SMILES string of the molecule is C[n+]1ccc(C#N)c2ccccc21. The number of nitrogens with zero attached hydrogens (tertiary/aromatic N) is 2. The molecule has 2 heteroatoms. The lowest BCUT2D eigenvalue weighted by molar-refractivity contribution is -0.644. The van der Waals surface area contributed by atoms with Crippen LogP contribution in [0.1, 0.15) is 5.56 Å². The number of aromatic nitrogens is 1. The van der Waals surface area contributed by atoms with Crippen molar-refractivity contribution in [3.05, 3.63) is 42.1 Å². The minimum absolute atomic E-state index is 0.730. The number of benzene rings is 1. The van der Waals surface area contributed by atoms with Gasteiger partial charge in [0.05, 0.1) is 10.9 Å². The van der Waals surface area contributed by atoms with Gasteiger partial charge in [0, 0.05) is 12.1 Å². The van der Waals surface area contributed by atoms with Crippen LogP contribution in [0, 0.1) is 11.3 Å². The van der Waals surface area contributed by atoms with E-state index < -0.39 is 0 Å². The molecule has 0 aliphatic rings. The van der Waals surface area contributed by atoms with Crippen molar-refractivity contribution in [2.24, 2.45) is 7.05 Å². The minimum atomic E-state index is 0.730. The number of fused-ring (bicyclic) bond motifs is 1. The van der Waals surface area contributed by atoms with Gasteiger partial charge in [-0.2, -0.15) is 5.26 Å². The first-order valence-corrected chi connectivity index (χ1v) is 4.10. The maximum Gasteiger partial charge on any atom is 0.213 e. The summed E-state index contributed by atoms with van der Waals surface area (Å²) in [6.45, 7) is 0. The number of pyridine rings is 1. The lowest BCUT2D eigenvalue weighted by Gasteiger charge is -1.96. The van der Waals surface area contributed by atoms with Gasteiger partial charge in [0.25, 0.3) is 0 Å². The van der Waals surface area contributed by atoms with E-state index in [4.69, 9.17) is 5.26 Å². The topological polar surface area (TPSA) is 27.7 Å². The Balaban J connectivity index is 2.95. The van der Waals surface area contributed by atoms with E-state index in [1.807, 2.05) is 48.1 Å². The van der Waals surface area contributed by atoms with Crippen LogP contribution < -0.4 is 4.57 Å². The molecule has 0 radical (unpaired) electrons. The van der Waals surface area contributed by atoms with Crippen molar-refractivity contribution in [3.63, 3.8) is 0 Å². The fourth-order valence-corrected chi connectivity index (χ4v) is 1.46. The van der Waals surface area contributed by atoms with Gasteiger partial charge in [0.15, 0.2) is 6.20 Å². The first-order chi connectivity index (χ1) is 6.33. The molecule has 0 bridgehead atoms. The predicted molar refractivity (Wildman–Crippen MR) is 49.8 cm³/mol. The van der Waals surface area contributed by atoms with Gasteiger partial charge in [-0.15, -0.1) is 0 Å². The summed E-state index contributed by atoms with van der Waals surface area (Å²) in [6.07, 6.45) is 1.90. The van der Waals surface area contributed by atoms with Crippen LogP contribution >= 0.6 is 0 Å². The van der Waals surface area contributed by atoms with E-state index in [1.54, 1.807) is 0 Å². The molecule has 0 aliphatic carbocycles. The molecule has 0 saturated heterocycles. The molecule has 13 heavy (non-hydrogen) atoms. The molecule has 1 heterocycles. The highest BCUT2D eigenvalue weighted by atomic mass is 14.9. The molecule has 1 aromatic heterocycles. The third-order valence-electron chi connectivity index (χ3n) is 2.16. The number of aryl methyl sites for hydroxylation is 1. The average Bonchev–Trinajstić information content (AvgIpc) is 2.19. The predicted octanol–water partition coefficient (Wildman–Crippen LogP) is 1.54. The van der Waals surface area contributed by atoms with E-state index >= 15 is 0 Å². The maximum absolute atomic E-state index is 8.87. The highest BCUT2D eigenvalue weighted by molar-refractivity contribution is 5.81. The molecule has 0 amide bonds. The molecule has 0 unspecified atom stereocenters. The Kier molecular flexibility index (Phi) is 1.71. The summed E-state index contributed by atoms with van der Waals surface area (Å²) in [5.74, 6) is 0. The first kappa shape index (κ1) is 7.75. The Hall–Kier alpha value is -1.88. The second kappa shape index (κ2) is 2.87. The minimum Gasteiger partial charge on any atom is -0.201 e. The molecule has 0 atom stereocenters. The van der Waals surface area contributed by atoms with Crippen molar-refractivity contribution in [2.45, 2.75) is 0 Å². The Morgan fingerprint density at radius 2 is 2.00 bits per heavy atom. The molecule has 2 nitrogen and oxygen atoms in total. The van der Waals surface area contributed by atoms with Crippen LogP contribution in [0.15, 0.2) is 36.5 Å². The molecule has 62 valence electrons. The normalized spacial score (nSPS) is 9.85. The first-order valence-electron chi connectivity index (χ1n) is 4.10. The second-order valence-electron chi connectivity index (χ2n) is 2.97. The second-order valence-corrected chi connectivity index (χ2v) is 2.97. The van der Waals surface area contributed by atoms with E-state index in [0.717, 1.165) is 16.5 Å². The van der Waals surface area contributed by atoms with Crippen molar-refractivity contribution >= 4 is 10.9 Å². The highest BCUT2D eigenvalue weighted by Crippen LogP contribution is 2.13. The van der Waals surface area contributed by atoms with Crippen molar-refractivity contribution in [2.75, 3.05) is 0 Å². The quantitative estimate of drug-likeness (QED) is 0.550. The summed E-state index contributed by atoms with van der Waals surface area (Å²) in [5, 5.41) is 9.88. The summed E-state index contributed by atoms with van der Waals surface area (Å²) in [5.41, 5.74) is 1.82. The Bertz CT molecular complexity index is 495. The van der Waals surface area contributed by atoms with Crippen molar-refractivity contribution < 1.29 is 4.57 Å². The van der Waals surface area contributed by atoms with Crippen LogP contribution in [0.5, 0.6) is 0 Å². The van der Waals surface area contributed by atoms with Gasteiger partial charge in [-0.3, -0.25) is 0 Å². The van der Waals surface area contributed by atoms with Crippen LogP contribution in [0.4, 0.5) is 0 Å². The van der Waals surface area contributed by atoms with Crippen molar-refractivity contribution in [1.82, 2.24) is 0 Å². The lowest BCUT2D eigenvalue weighted by Crippen LogP contribution is -2.28. The zero-order chi connectivity index (χ0) is 9.26. The summed E-state index contributed by atoms with van der Waals surface area (Å²) >= 11 is 0. The van der Waals surface area contributed by atoms with E-state index in [0.29, 0.717) is 0 Å². The van der Waals surface area contributed by atoms with Crippen LogP contribution in [0.25, 0.3) is 10.9 Å². The van der Waals surface area contributed by atoms with Crippen LogP contribution in [0.2, 0.25) is 0 Å². The Labute approximate surface area is 76.7 Å². The fourth-order valence-electron chi connectivity index (χ4n) is 1.46. The van der Waals surface area contributed by atoms with Crippen molar-refractivity contribution in [3.8, 4) is 6.07 Å². The molecule has 0 spiro atoms. The average molecular weight is 169 g/mol. The standard InChI is InChI=1S/C11H9N2/c1-13-7-6-9(8-12)10-4-2-3-5-11(10)13/h2-7H,1H3/q+1. The van der Waals surface area contributed by atoms with E-state index in [9.17, 15) is 0 Å².